The van der Waals surface area contributed by atoms with Crippen LogP contribution in [-0.2, 0) is 6.42 Å². The molecule has 2 aromatic carbocycles. The van der Waals surface area contributed by atoms with E-state index < -0.39 is 0 Å². The summed E-state index contributed by atoms with van der Waals surface area (Å²) in [5, 5.41) is 0.791. The first kappa shape index (κ1) is 15.3. The number of piperazine rings is 1. The number of thiocarbonyl (C=S) groups is 1. The Bertz CT molecular complexity index is 637. The minimum Gasteiger partial charge on any atom is -0.368 e. The minimum atomic E-state index is 0.791. The van der Waals surface area contributed by atoms with E-state index >= 15 is 0 Å². The van der Waals surface area contributed by atoms with Gasteiger partial charge in [-0.2, -0.15) is 0 Å². The molecule has 1 saturated heterocycles. The molecule has 1 heterocycles. The van der Waals surface area contributed by atoms with Gasteiger partial charge in [-0.05, 0) is 23.8 Å². The van der Waals surface area contributed by atoms with Crippen LogP contribution < -0.4 is 4.90 Å². The third-order valence-electron chi connectivity index (χ3n) is 4.00. The van der Waals surface area contributed by atoms with Gasteiger partial charge in [0.25, 0.3) is 0 Å². The van der Waals surface area contributed by atoms with Gasteiger partial charge in [0, 0.05) is 43.3 Å². The maximum Gasteiger partial charge on any atom is 0.0824 e. The molecular weight excluding hydrogens is 312 g/mol. The first-order valence-electron chi connectivity index (χ1n) is 7.54. The van der Waals surface area contributed by atoms with Crippen molar-refractivity contribution in [2.75, 3.05) is 31.1 Å². The van der Waals surface area contributed by atoms with E-state index in [0.717, 1.165) is 42.6 Å². The van der Waals surface area contributed by atoms with Crippen molar-refractivity contribution in [3.8, 4) is 0 Å². The fourth-order valence-electron chi connectivity index (χ4n) is 2.77. The smallest absolute Gasteiger partial charge is 0.0824 e. The summed E-state index contributed by atoms with van der Waals surface area (Å²) in [7, 11) is 0. The number of hydrogen-bond acceptors (Lipinski definition) is 2. The molecule has 1 aliphatic rings. The third-order valence-corrected chi connectivity index (χ3v) is 4.64. The van der Waals surface area contributed by atoms with E-state index in [1.165, 1.54) is 11.3 Å². The van der Waals surface area contributed by atoms with Gasteiger partial charge in [0.1, 0.15) is 0 Å². The normalized spacial score (nSPS) is 15.0. The summed E-state index contributed by atoms with van der Waals surface area (Å²) in [6, 6.07) is 18.5. The molecule has 0 spiro atoms. The molecule has 0 amide bonds. The van der Waals surface area contributed by atoms with Crippen molar-refractivity contribution >= 4 is 34.5 Å². The molecule has 22 heavy (non-hydrogen) atoms. The van der Waals surface area contributed by atoms with Crippen LogP contribution in [-0.4, -0.2) is 36.1 Å². The first-order valence-corrected chi connectivity index (χ1v) is 8.33. The van der Waals surface area contributed by atoms with Gasteiger partial charge in [0.15, 0.2) is 0 Å². The van der Waals surface area contributed by atoms with Crippen LogP contribution in [0.1, 0.15) is 5.56 Å². The average Bonchev–Trinajstić information content (AvgIpc) is 2.56. The summed E-state index contributed by atoms with van der Waals surface area (Å²) in [6.07, 6.45) is 0.855. The van der Waals surface area contributed by atoms with E-state index in [9.17, 15) is 0 Å². The Balaban J connectivity index is 1.56. The van der Waals surface area contributed by atoms with E-state index in [1.54, 1.807) is 0 Å². The molecular formula is C18H19ClN2S. The monoisotopic (exact) mass is 330 g/mol. The Kier molecular flexibility index (Phi) is 4.96. The van der Waals surface area contributed by atoms with E-state index in [2.05, 4.69) is 40.1 Å². The van der Waals surface area contributed by atoms with Gasteiger partial charge in [-0.25, -0.2) is 0 Å². The van der Waals surface area contributed by atoms with Crippen LogP contribution in [0.4, 0.5) is 5.69 Å². The van der Waals surface area contributed by atoms with Crippen molar-refractivity contribution in [2.45, 2.75) is 6.42 Å². The molecule has 1 aliphatic heterocycles. The van der Waals surface area contributed by atoms with Crippen molar-refractivity contribution in [1.82, 2.24) is 4.90 Å². The zero-order chi connectivity index (χ0) is 15.4. The Labute approximate surface area is 142 Å². The average molecular weight is 331 g/mol. The van der Waals surface area contributed by atoms with Crippen molar-refractivity contribution in [1.29, 1.82) is 0 Å². The van der Waals surface area contributed by atoms with Crippen LogP contribution >= 0.6 is 23.8 Å². The van der Waals surface area contributed by atoms with Crippen LogP contribution in [0.3, 0.4) is 0 Å². The molecule has 2 aromatic rings. The van der Waals surface area contributed by atoms with Crippen LogP contribution in [0.5, 0.6) is 0 Å². The van der Waals surface area contributed by atoms with Crippen molar-refractivity contribution in [3.05, 3.63) is 65.2 Å². The highest BCUT2D eigenvalue weighted by atomic mass is 35.5. The van der Waals surface area contributed by atoms with Crippen molar-refractivity contribution in [2.24, 2.45) is 0 Å². The van der Waals surface area contributed by atoms with Crippen molar-refractivity contribution in [3.63, 3.8) is 0 Å². The predicted molar refractivity (Wildman–Crippen MR) is 98.0 cm³/mol. The van der Waals surface area contributed by atoms with Crippen LogP contribution in [0.25, 0.3) is 0 Å². The molecule has 0 atom stereocenters. The standard InChI is InChI=1S/C18H19ClN2S/c19-16-7-4-8-17(14-16)20-9-11-21(12-10-20)18(22)13-15-5-2-1-3-6-15/h1-8,14H,9-13H2. The number of benzene rings is 2. The van der Waals surface area contributed by atoms with Gasteiger partial charge >= 0.3 is 0 Å². The summed E-state index contributed by atoms with van der Waals surface area (Å²) in [5.41, 5.74) is 2.48. The SMILES string of the molecule is S=C(Cc1ccccc1)N1CCN(c2cccc(Cl)c2)CC1. The van der Waals surface area contributed by atoms with Gasteiger partial charge in [-0.1, -0.05) is 60.2 Å². The molecule has 0 bridgehead atoms. The predicted octanol–water partition coefficient (Wildman–Crippen LogP) is 4.03. The number of hydrogen-bond donors (Lipinski definition) is 0. The van der Waals surface area contributed by atoms with E-state index in [1.807, 2.05) is 24.3 Å². The Hall–Kier alpha value is -1.58. The van der Waals surface area contributed by atoms with Gasteiger partial charge in [-0.15, -0.1) is 0 Å². The maximum absolute atomic E-state index is 6.08. The molecule has 3 rings (SSSR count). The van der Waals surface area contributed by atoms with Gasteiger partial charge < -0.3 is 9.80 Å². The molecule has 0 saturated carbocycles. The fourth-order valence-corrected chi connectivity index (χ4v) is 3.30. The lowest BCUT2D eigenvalue weighted by Gasteiger charge is -2.37. The van der Waals surface area contributed by atoms with Gasteiger partial charge in [-0.3, -0.25) is 0 Å². The van der Waals surface area contributed by atoms with Gasteiger partial charge in [0.05, 0.1) is 4.99 Å². The summed E-state index contributed by atoms with van der Waals surface area (Å²) in [6.45, 7) is 3.90. The van der Waals surface area contributed by atoms with Gasteiger partial charge in [0.2, 0.25) is 0 Å². The summed E-state index contributed by atoms with van der Waals surface area (Å²) >= 11 is 11.7. The zero-order valence-electron chi connectivity index (χ0n) is 12.4. The number of nitrogens with zero attached hydrogens (tertiary/aromatic N) is 2. The molecule has 1 fully saturated rings. The first-order chi connectivity index (χ1) is 10.7. The molecule has 0 aliphatic carbocycles. The van der Waals surface area contributed by atoms with E-state index in [-0.39, 0.29) is 0 Å². The molecule has 4 heteroatoms. The maximum atomic E-state index is 6.08. The lowest BCUT2D eigenvalue weighted by Crippen LogP contribution is -2.48. The van der Waals surface area contributed by atoms with Crippen LogP contribution in [0.15, 0.2) is 54.6 Å². The van der Waals surface area contributed by atoms with Crippen LogP contribution in [0, 0.1) is 0 Å². The van der Waals surface area contributed by atoms with E-state index in [4.69, 9.17) is 23.8 Å². The van der Waals surface area contributed by atoms with E-state index in [0.29, 0.717) is 0 Å². The number of halogens is 1. The summed E-state index contributed by atoms with van der Waals surface area (Å²) < 4.78 is 0. The molecule has 0 aromatic heterocycles. The number of anilines is 1. The van der Waals surface area contributed by atoms with Crippen LogP contribution in [0.2, 0.25) is 5.02 Å². The molecule has 0 radical (unpaired) electrons. The highest BCUT2D eigenvalue weighted by Crippen LogP contribution is 2.21. The highest BCUT2D eigenvalue weighted by molar-refractivity contribution is 7.80. The van der Waals surface area contributed by atoms with Crippen molar-refractivity contribution < 1.29 is 0 Å². The zero-order valence-corrected chi connectivity index (χ0v) is 14.0. The number of rotatable bonds is 3. The third kappa shape index (κ3) is 3.79. The largest absolute Gasteiger partial charge is 0.368 e. The topological polar surface area (TPSA) is 6.48 Å². The summed E-state index contributed by atoms with van der Waals surface area (Å²) in [4.78, 5) is 5.73. The molecule has 0 N–H and O–H groups in total. The fraction of sp³-hybridized carbons (Fsp3) is 0.278. The molecule has 0 unspecified atom stereocenters. The minimum absolute atomic E-state index is 0.791. The second-order valence-electron chi connectivity index (χ2n) is 5.51. The highest BCUT2D eigenvalue weighted by Gasteiger charge is 2.19. The second kappa shape index (κ2) is 7.12. The quantitative estimate of drug-likeness (QED) is 0.784. The Morgan fingerprint density at radius 1 is 0.955 bits per heavy atom. The Morgan fingerprint density at radius 2 is 1.68 bits per heavy atom. The lowest BCUT2D eigenvalue weighted by atomic mass is 10.1. The molecule has 2 nitrogen and oxygen atoms in total. The molecule has 114 valence electrons. The Morgan fingerprint density at radius 3 is 2.36 bits per heavy atom. The second-order valence-corrected chi connectivity index (χ2v) is 6.42. The lowest BCUT2D eigenvalue weighted by molar-refractivity contribution is 0.387. The summed E-state index contributed by atoms with van der Waals surface area (Å²) in [5.74, 6) is 0.